The summed E-state index contributed by atoms with van der Waals surface area (Å²) >= 11 is 9.78. The van der Waals surface area contributed by atoms with Gasteiger partial charge in [0.1, 0.15) is 11.3 Å². The normalized spacial score (nSPS) is 10.5. The highest BCUT2D eigenvalue weighted by Gasteiger charge is 2.21. The molecule has 0 saturated heterocycles. The molecule has 82 valence electrons. The molecule has 0 bridgehead atoms. The summed E-state index contributed by atoms with van der Waals surface area (Å²) in [5.41, 5.74) is 0.758. The molecule has 0 amide bonds. The second-order valence-electron chi connectivity index (χ2n) is 2.65. The first-order valence-electron chi connectivity index (χ1n) is 3.86. The van der Waals surface area contributed by atoms with E-state index in [-0.39, 0.29) is 9.30 Å². The number of methoxy groups -OCH3 is 1. The van der Waals surface area contributed by atoms with Gasteiger partial charge in [0.15, 0.2) is 0 Å². The van der Waals surface area contributed by atoms with Gasteiger partial charge in [0.05, 0.1) is 15.3 Å². The second-order valence-corrected chi connectivity index (χ2v) is 6.57. The van der Waals surface area contributed by atoms with E-state index in [0.29, 0.717) is 15.8 Å². The monoisotopic (exact) mass is 400 g/mol. The lowest BCUT2D eigenvalue weighted by atomic mass is 10.1. The van der Waals surface area contributed by atoms with Crippen molar-refractivity contribution in [2.75, 3.05) is 7.11 Å². The summed E-state index contributed by atoms with van der Waals surface area (Å²) in [6.45, 7) is 0. The van der Waals surface area contributed by atoms with Crippen molar-refractivity contribution >= 4 is 53.8 Å². The number of hydrogen-bond acceptors (Lipinski definition) is 2. The Morgan fingerprint density at radius 2 is 2.07 bits per heavy atom. The number of aromatic carboxylic acids is 1. The van der Waals surface area contributed by atoms with Crippen LogP contribution in [0.25, 0.3) is 0 Å². The minimum absolute atomic E-state index is 0.144. The van der Waals surface area contributed by atoms with Crippen LogP contribution in [0.3, 0.4) is 0 Å². The highest BCUT2D eigenvalue weighted by atomic mass is 79.9. The lowest BCUT2D eigenvalue weighted by Crippen LogP contribution is -2.05. The number of benzene rings is 1. The third kappa shape index (κ3) is 2.73. The van der Waals surface area contributed by atoms with Gasteiger partial charge in [0.25, 0.3) is 0 Å². The SMILES string of the molecule is COc1c(Br)ccc(C(Br)Br)c1C(=O)O. The van der Waals surface area contributed by atoms with Crippen molar-refractivity contribution in [2.24, 2.45) is 0 Å². The fourth-order valence-electron chi connectivity index (χ4n) is 1.17. The molecule has 15 heavy (non-hydrogen) atoms. The first kappa shape index (κ1) is 13.0. The summed E-state index contributed by atoms with van der Waals surface area (Å²) in [7, 11) is 1.44. The number of carbonyl (C=O) groups is 1. The molecular weight excluding hydrogens is 396 g/mol. The van der Waals surface area contributed by atoms with Crippen LogP contribution >= 0.6 is 47.8 Å². The van der Waals surface area contributed by atoms with Crippen LogP contribution in [-0.4, -0.2) is 18.2 Å². The Labute approximate surface area is 112 Å². The van der Waals surface area contributed by atoms with E-state index in [9.17, 15) is 4.79 Å². The second kappa shape index (κ2) is 5.32. The van der Waals surface area contributed by atoms with E-state index in [0.717, 1.165) is 0 Å². The first-order valence-corrected chi connectivity index (χ1v) is 6.49. The van der Waals surface area contributed by atoms with Gasteiger partial charge in [0, 0.05) is 0 Å². The van der Waals surface area contributed by atoms with Gasteiger partial charge in [-0.2, -0.15) is 0 Å². The highest BCUT2D eigenvalue weighted by Crippen LogP contribution is 2.39. The quantitative estimate of drug-likeness (QED) is 0.779. The lowest BCUT2D eigenvalue weighted by molar-refractivity contribution is 0.0692. The van der Waals surface area contributed by atoms with E-state index >= 15 is 0 Å². The Morgan fingerprint density at radius 3 is 2.47 bits per heavy atom. The van der Waals surface area contributed by atoms with E-state index in [4.69, 9.17) is 9.84 Å². The number of rotatable bonds is 3. The molecule has 0 aliphatic rings. The molecule has 0 saturated carbocycles. The zero-order valence-electron chi connectivity index (χ0n) is 7.63. The van der Waals surface area contributed by atoms with E-state index in [1.54, 1.807) is 12.1 Å². The summed E-state index contributed by atoms with van der Waals surface area (Å²) in [5.74, 6) is -0.698. The lowest BCUT2D eigenvalue weighted by Gasteiger charge is -2.12. The minimum Gasteiger partial charge on any atom is -0.495 e. The molecule has 0 aliphatic carbocycles. The van der Waals surface area contributed by atoms with Gasteiger partial charge in [0.2, 0.25) is 0 Å². The maximum Gasteiger partial charge on any atom is 0.339 e. The predicted molar refractivity (Wildman–Crippen MR) is 68.2 cm³/mol. The van der Waals surface area contributed by atoms with Crippen LogP contribution in [0.1, 0.15) is 19.7 Å². The smallest absolute Gasteiger partial charge is 0.339 e. The van der Waals surface area contributed by atoms with Crippen LogP contribution in [0.4, 0.5) is 0 Å². The van der Waals surface area contributed by atoms with Crippen LogP contribution in [-0.2, 0) is 0 Å². The third-order valence-electron chi connectivity index (χ3n) is 1.79. The number of hydrogen-bond donors (Lipinski definition) is 1. The Balaban J connectivity index is 3.49. The molecule has 6 heteroatoms. The Kier molecular flexibility index (Phi) is 4.61. The molecule has 1 N–H and O–H groups in total. The molecular formula is C9H7Br3O3. The molecule has 1 aromatic carbocycles. The van der Waals surface area contributed by atoms with Gasteiger partial charge in [-0.25, -0.2) is 4.79 Å². The van der Waals surface area contributed by atoms with Crippen LogP contribution < -0.4 is 4.74 Å². The molecule has 0 fully saturated rings. The zero-order valence-corrected chi connectivity index (χ0v) is 12.4. The van der Waals surface area contributed by atoms with Crippen LogP contribution in [0, 0.1) is 0 Å². The number of carboxylic acid groups (broad SMARTS) is 1. The minimum atomic E-state index is -1.02. The summed E-state index contributed by atoms with van der Waals surface area (Å²) in [6.07, 6.45) is 0. The summed E-state index contributed by atoms with van der Waals surface area (Å²) in [6, 6.07) is 3.46. The van der Waals surface area contributed by atoms with E-state index in [1.165, 1.54) is 7.11 Å². The van der Waals surface area contributed by atoms with Gasteiger partial charge in [-0.15, -0.1) is 0 Å². The number of alkyl halides is 2. The van der Waals surface area contributed by atoms with E-state index in [1.807, 2.05) is 0 Å². The number of ether oxygens (including phenoxy) is 1. The summed E-state index contributed by atoms with van der Waals surface area (Å²) < 4.78 is 5.45. The van der Waals surface area contributed by atoms with E-state index in [2.05, 4.69) is 47.8 Å². The van der Waals surface area contributed by atoms with Gasteiger partial charge in [-0.1, -0.05) is 37.9 Å². The highest BCUT2D eigenvalue weighted by molar-refractivity contribution is 9.24. The topological polar surface area (TPSA) is 46.5 Å². The fourth-order valence-corrected chi connectivity index (χ4v) is 2.43. The van der Waals surface area contributed by atoms with Crippen molar-refractivity contribution in [1.29, 1.82) is 0 Å². The van der Waals surface area contributed by atoms with Gasteiger partial charge < -0.3 is 9.84 Å². The average molecular weight is 403 g/mol. The molecule has 0 heterocycles. The number of carboxylic acids is 1. The Hall–Kier alpha value is -0.0700. The average Bonchev–Trinajstić information content (AvgIpc) is 2.16. The van der Waals surface area contributed by atoms with Crippen molar-refractivity contribution in [2.45, 2.75) is 3.74 Å². The standard InChI is InChI=1S/C9H7Br3O3/c1-15-7-5(10)3-2-4(8(11)12)6(7)9(13)14/h2-3,8H,1H3,(H,13,14). The predicted octanol–water partition coefficient (Wildman–Crippen LogP) is 3.94. The van der Waals surface area contributed by atoms with Gasteiger partial charge in [-0.3, -0.25) is 0 Å². The maximum atomic E-state index is 11.1. The first-order chi connectivity index (χ1) is 6.99. The molecule has 0 atom stereocenters. The van der Waals surface area contributed by atoms with E-state index < -0.39 is 5.97 Å². The van der Waals surface area contributed by atoms with Crippen molar-refractivity contribution in [1.82, 2.24) is 0 Å². The molecule has 1 aromatic rings. The van der Waals surface area contributed by atoms with Crippen LogP contribution in [0.15, 0.2) is 16.6 Å². The maximum absolute atomic E-state index is 11.1. The van der Waals surface area contributed by atoms with Crippen molar-refractivity contribution in [3.8, 4) is 5.75 Å². The van der Waals surface area contributed by atoms with Crippen molar-refractivity contribution in [3.05, 3.63) is 27.7 Å². The van der Waals surface area contributed by atoms with Gasteiger partial charge in [-0.05, 0) is 27.6 Å². The largest absolute Gasteiger partial charge is 0.495 e. The number of halogens is 3. The summed E-state index contributed by atoms with van der Waals surface area (Å²) in [5, 5.41) is 9.11. The Bertz CT molecular complexity index is 390. The van der Waals surface area contributed by atoms with Gasteiger partial charge >= 0.3 is 5.97 Å². The third-order valence-corrected chi connectivity index (χ3v) is 3.41. The van der Waals surface area contributed by atoms with Crippen LogP contribution in [0.5, 0.6) is 5.75 Å². The molecule has 0 spiro atoms. The zero-order chi connectivity index (χ0) is 11.6. The molecule has 0 aliphatic heterocycles. The Morgan fingerprint density at radius 1 is 1.47 bits per heavy atom. The van der Waals surface area contributed by atoms with Crippen LogP contribution in [0.2, 0.25) is 0 Å². The molecule has 0 radical (unpaired) electrons. The van der Waals surface area contributed by atoms with Crippen molar-refractivity contribution < 1.29 is 14.6 Å². The fraction of sp³-hybridized carbons (Fsp3) is 0.222. The summed E-state index contributed by atoms with van der Waals surface area (Å²) in [4.78, 5) is 11.1. The molecule has 1 rings (SSSR count). The van der Waals surface area contributed by atoms with Crippen molar-refractivity contribution in [3.63, 3.8) is 0 Å². The molecule has 0 unspecified atom stereocenters. The molecule has 3 nitrogen and oxygen atoms in total. The molecule has 0 aromatic heterocycles.